The van der Waals surface area contributed by atoms with Crippen LogP contribution in [-0.2, 0) is 11.3 Å². The van der Waals surface area contributed by atoms with Crippen LogP contribution >= 0.6 is 0 Å². The summed E-state index contributed by atoms with van der Waals surface area (Å²) in [6, 6.07) is 21.1. The maximum absolute atomic E-state index is 10.8. The van der Waals surface area contributed by atoms with Crippen LogP contribution in [0.2, 0.25) is 4.82 Å². The van der Waals surface area contributed by atoms with Crippen LogP contribution in [0.5, 0.6) is 0 Å². The van der Waals surface area contributed by atoms with Crippen LogP contribution in [0.4, 0.5) is 0 Å². The number of rotatable bonds is 13. The predicted molar refractivity (Wildman–Crippen MR) is 125 cm³/mol. The number of benzene rings is 2. The van der Waals surface area contributed by atoms with E-state index < -0.39 is 5.60 Å². The van der Waals surface area contributed by atoms with Crippen molar-refractivity contribution >= 4 is 19.4 Å². The standard InChI is InChI=1S/C26H38O2Se/c1-5-6-17-24(28-20-22-13-9-7-10-14-22)21(2)18-19-25(26(3,4)27)29-23-15-11-8-12-16-23/h7-16,21,24-25,27H,5-6,17-20H2,1-4H3/t21-,24+,25?/m0/s1. The molecule has 2 rings (SSSR count). The SMILES string of the molecule is CCCC[C@@H](OCc1ccccc1)[C@@H](C)CCC([Se]c1ccccc1)C(C)(C)O. The topological polar surface area (TPSA) is 29.5 Å². The van der Waals surface area contributed by atoms with Gasteiger partial charge in [0.2, 0.25) is 0 Å². The van der Waals surface area contributed by atoms with E-state index in [0.29, 0.717) is 17.3 Å². The molecule has 3 atom stereocenters. The monoisotopic (exact) mass is 462 g/mol. The van der Waals surface area contributed by atoms with E-state index in [1.54, 1.807) is 0 Å². The number of aliphatic hydroxyl groups is 1. The minimum absolute atomic E-state index is 0.267. The summed E-state index contributed by atoms with van der Waals surface area (Å²) in [5.41, 5.74) is 0.585. The molecule has 0 fully saturated rings. The first-order chi connectivity index (χ1) is 13.9. The molecule has 0 radical (unpaired) electrons. The van der Waals surface area contributed by atoms with E-state index >= 15 is 0 Å². The molecule has 3 heteroatoms. The van der Waals surface area contributed by atoms with Crippen LogP contribution in [0, 0.1) is 5.92 Å². The van der Waals surface area contributed by atoms with Crippen molar-refractivity contribution in [2.75, 3.05) is 0 Å². The molecule has 0 saturated heterocycles. The van der Waals surface area contributed by atoms with E-state index in [1.807, 2.05) is 19.9 Å². The molecule has 2 nitrogen and oxygen atoms in total. The summed E-state index contributed by atoms with van der Waals surface area (Å²) in [6.45, 7) is 9.18. The summed E-state index contributed by atoms with van der Waals surface area (Å²) in [7, 11) is 0. The molecule has 0 bridgehead atoms. The number of hydrogen-bond acceptors (Lipinski definition) is 2. The number of ether oxygens (including phenoxy) is 1. The third-order valence-electron chi connectivity index (χ3n) is 5.48. The van der Waals surface area contributed by atoms with Gasteiger partial charge in [-0.25, -0.2) is 0 Å². The van der Waals surface area contributed by atoms with Gasteiger partial charge in [-0.2, -0.15) is 0 Å². The quantitative estimate of drug-likeness (QED) is 0.384. The van der Waals surface area contributed by atoms with Crippen molar-refractivity contribution in [3.63, 3.8) is 0 Å². The molecule has 2 aromatic rings. The summed E-state index contributed by atoms with van der Waals surface area (Å²) in [5, 5.41) is 10.8. The summed E-state index contributed by atoms with van der Waals surface area (Å²) in [5.74, 6) is 0.488. The number of unbranched alkanes of at least 4 members (excludes halogenated alkanes) is 1. The molecule has 0 heterocycles. The summed E-state index contributed by atoms with van der Waals surface area (Å²) < 4.78 is 7.73. The van der Waals surface area contributed by atoms with E-state index in [0.717, 1.165) is 19.3 Å². The minimum atomic E-state index is -0.653. The Hall–Kier alpha value is -1.12. The fourth-order valence-corrected chi connectivity index (χ4v) is 6.02. The molecule has 0 saturated carbocycles. The van der Waals surface area contributed by atoms with Crippen molar-refractivity contribution in [2.24, 2.45) is 5.92 Å². The van der Waals surface area contributed by atoms with Crippen LogP contribution in [0.3, 0.4) is 0 Å². The third-order valence-corrected chi connectivity index (χ3v) is 8.92. The van der Waals surface area contributed by atoms with Crippen molar-refractivity contribution in [3.8, 4) is 0 Å². The second-order valence-electron chi connectivity index (χ2n) is 8.61. The van der Waals surface area contributed by atoms with E-state index in [9.17, 15) is 5.11 Å². The van der Waals surface area contributed by atoms with E-state index in [1.165, 1.54) is 22.9 Å². The van der Waals surface area contributed by atoms with Crippen molar-refractivity contribution in [1.82, 2.24) is 0 Å². The molecule has 0 aliphatic heterocycles. The second-order valence-corrected chi connectivity index (χ2v) is 11.3. The summed E-state index contributed by atoms with van der Waals surface area (Å²) >= 11 is 0.267. The third kappa shape index (κ3) is 9.05. The van der Waals surface area contributed by atoms with E-state index in [4.69, 9.17) is 4.74 Å². The van der Waals surface area contributed by atoms with Gasteiger partial charge in [-0.1, -0.05) is 0 Å². The fourth-order valence-electron chi connectivity index (χ4n) is 3.53. The zero-order valence-corrected chi connectivity index (χ0v) is 20.2. The maximum atomic E-state index is 10.8. The van der Waals surface area contributed by atoms with Gasteiger partial charge >= 0.3 is 184 Å². The molecular formula is C26H38O2Se. The molecular weight excluding hydrogens is 423 g/mol. The van der Waals surface area contributed by atoms with Crippen LogP contribution in [0.1, 0.15) is 65.4 Å². The molecule has 29 heavy (non-hydrogen) atoms. The van der Waals surface area contributed by atoms with Gasteiger partial charge in [-0.3, -0.25) is 0 Å². The van der Waals surface area contributed by atoms with Crippen molar-refractivity contribution in [3.05, 3.63) is 66.2 Å². The Morgan fingerprint density at radius 2 is 1.55 bits per heavy atom. The second kappa shape index (κ2) is 12.5. The molecule has 1 N–H and O–H groups in total. The Bertz CT molecular complexity index is 666. The van der Waals surface area contributed by atoms with Gasteiger partial charge in [-0.15, -0.1) is 0 Å². The zero-order valence-electron chi connectivity index (χ0n) is 18.5. The average molecular weight is 462 g/mol. The first-order valence-corrected chi connectivity index (χ1v) is 12.8. The van der Waals surface area contributed by atoms with Gasteiger partial charge in [0.25, 0.3) is 0 Å². The molecule has 0 aliphatic rings. The molecule has 0 aromatic heterocycles. The van der Waals surface area contributed by atoms with Gasteiger partial charge in [0.15, 0.2) is 0 Å². The number of hydrogen-bond donors (Lipinski definition) is 1. The Kier molecular flexibility index (Phi) is 10.4. The van der Waals surface area contributed by atoms with Crippen LogP contribution < -0.4 is 4.46 Å². The zero-order chi connectivity index (χ0) is 21.1. The molecule has 1 unspecified atom stereocenters. The average Bonchev–Trinajstić information content (AvgIpc) is 2.71. The van der Waals surface area contributed by atoms with Crippen LogP contribution in [0.25, 0.3) is 0 Å². The van der Waals surface area contributed by atoms with Gasteiger partial charge in [-0.05, 0) is 0 Å². The molecule has 2 aromatic carbocycles. The van der Waals surface area contributed by atoms with E-state index in [2.05, 4.69) is 68.4 Å². The Morgan fingerprint density at radius 3 is 2.14 bits per heavy atom. The molecule has 0 spiro atoms. The Balaban J connectivity index is 1.94. The molecule has 0 amide bonds. The first kappa shape index (κ1) is 24.2. The summed E-state index contributed by atoms with van der Waals surface area (Å²) in [6.07, 6.45) is 5.92. The fraction of sp³-hybridized carbons (Fsp3) is 0.538. The Morgan fingerprint density at radius 1 is 0.931 bits per heavy atom. The van der Waals surface area contributed by atoms with Gasteiger partial charge in [0.1, 0.15) is 0 Å². The van der Waals surface area contributed by atoms with E-state index in [-0.39, 0.29) is 21.1 Å². The normalized spacial score (nSPS) is 15.1. The van der Waals surface area contributed by atoms with Crippen molar-refractivity contribution < 1.29 is 9.84 Å². The predicted octanol–water partition coefficient (Wildman–Crippen LogP) is 5.77. The summed E-state index contributed by atoms with van der Waals surface area (Å²) in [4.78, 5) is 0.306. The van der Waals surface area contributed by atoms with Gasteiger partial charge in [0, 0.05) is 0 Å². The van der Waals surface area contributed by atoms with Gasteiger partial charge < -0.3 is 0 Å². The van der Waals surface area contributed by atoms with Crippen molar-refractivity contribution in [2.45, 2.75) is 82.9 Å². The molecule has 0 aliphatic carbocycles. The van der Waals surface area contributed by atoms with Crippen molar-refractivity contribution in [1.29, 1.82) is 0 Å². The van der Waals surface area contributed by atoms with Crippen LogP contribution in [0.15, 0.2) is 60.7 Å². The van der Waals surface area contributed by atoms with Gasteiger partial charge in [0.05, 0.1) is 0 Å². The molecule has 160 valence electrons. The van der Waals surface area contributed by atoms with Crippen LogP contribution in [-0.4, -0.2) is 31.8 Å². The Labute approximate surface area is 184 Å². The first-order valence-electron chi connectivity index (χ1n) is 11.0.